The van der Waals surface area contributed by atoms with Crippen molar-refractivity contribution in [2.75, 3.05) is 11.1 Å². The van der Waals surface area contributed by atoms with Crippen LogP contribution in [-0.2, 0) is 0 Å². The number of nitro groups is 1. The maximum atomic E-state index is 12.0. The Morgan fingerprint density at radius 3 is 2.48 bits per heavy atom. The van der Waals surface area contributed by atoms with E-state index in [2.05, 4.69) is 5.32 Å². The summed E-state index contributed by atoms with van der Waals surface area (Å²) in [5.41, 5.74) is 6.33. The molecule has 2 aromatic carbocycles. The Labute approximate surface area is 129 Å². The van der Waals surface area contributed by atoms with Crippen molar-refractivity contribution in [3.63, 3.8) is 0 Å². The predicted octanol–water partition coefficient (Wildman–Crippen LogP) is 3.74. The second kappa shape index (κ2) is 5.99. The van der Waals surface area contributed by atoms with E-state index in [1.54, 1.807) is 0 Å². The summed E-state index contributed by atoms with van der Waals surface area (Å²) in [7, 11) is 0. The number of hydrogen-bond acceptors (Lipinski definition) is 4. The van der Waals surface area contributed by atoms with Gasteiger partial charge in [0.05, 0.1) is 4.92 Å². The van der Waals surface area contributed by atoms with Gasteiger partial charge in [0.1, 0.15) is 5.02 Å². The Balaban J connectivity index is 2.23. The molecule has 1 amide bonds. The first-order valence-corrected chi connectivity index (χ1v) is 6.44. The van der Waals surface area contributed by atoms with Crippen molar-refractivity contribution in [1.82, 2.24) is 0 Å². The minimum absolute atomic E-state index is 0.0663. The molecule has 0 bridgehead atoms. The molecule has 3 N–H and O–H groups in total. The van der Waals surface area contributed by atoms with Gasteiger partial charge < -0.3 is 11.1 Å². The number of amides is 1. The number of nitrogen functional groups attached to an aromatic ring is 1. The molecule has 6 nitrogen and oxygen atoms in total. The average molecular weight is 326 g/mol. The summed E-state index contributed by atoms with van der Waals surface area (Å²) in [6.45, 7) is 0. The number of rotatable bonds is 3. The minimum Gasteiger partial charge on any atom is -0.399 e. The summed E-state index contributed by atoms with van der Waals surface area (Å²) in [5.74, 6) is -0.450. The lowest BCUT2D eigenvalue weighted by Crippen LogP contribution is -2.12. The van der Waals surface area contributed by atoms with E-state index in [0.29, 0.717) is 16.4 Å². The SMILES string of the molecule is Nc1cc(Cl)cc(C(=O)Nc2ccc([N+](=O)[O-])c(Cl)c2)c1. The van der Waals surface area contributed by atoms with E-state index in [9.17, 15) is 14.9 Å². The van der Waals surface area contributed by atoms with Gasteiger partial charge in [-0.2, -0.15) is 0 Å². The summed E-state index contributed by atoms with van der Waals surface area (Å²) in [6, 6.07) is 8.33. The van der Waals surface area contributed by atoms with Crippen LogP contribution in [0.2, 0.25) is 10.0 Å². The summed E-state index contributed by atoms with van der Waals surface area (Å²) < 4.78 is 0. The van der Waals surface area contributed by atoms with Gasteiger partial charge in [0.2, 0.25) is 0 Å². The zero-order valence-corrected chi connectivity index (χ0v) is 12.0. The molecule has 0 aliphatic rings. The number of hydrogen-bond donors (Lipinski definition) is 2. The number of halogens is 2. The molecule has 0 radical (unpaired) electrons. The van der Waals surface area contributed by atoms with Crippen LogP contribution in [0.1, 0.15) is 10.4 Å². The van der Waals surface area contributed by atoms with Gasteiger partial charge in [0.15, 0.2) is 0 Å². The highest BCUT2D eigenvalue weighted by Gasteiger charge is 2.14. The van der Waals surface area contributed by atoms with Crippen molar-refractivity contribution in [2.24, 2.45) is 0 Å². The lowest BCUT2D eigenvalue weighted by atomic mass is 10.2. The van der Waals surface area contributed by atoms with Crippen LogP contribution in [0.5, 0.6) is 0 Å². The molecular formula is C13H9Cl2N3O3. The standard InChI is InChI=1S/C13H9Cl2N3O3/c14-8-3-7(4-9(16)5-8)13(19)17-10-1-2-12(18(20)21)11(15)6-10/h1-6H,16H2,(H,17,19). The van der Waals surface area contributed by atoms with Gasteiger partial charge >= 0.3 is 0 Å². The lowest BCUT2D eigenvalue weighted by molar-refractivity contribution is -0.384. The molecule has 0 fully saturated rings. The third-order valence-corrected chi connectivity index (χ3v) is 3.11. The highest BCUT2D eigenvalue weighted by Crippen LogP contribution is 2.27. The van der Waals surface area contributed by atoms with Crippen LogP contribution in [0.3, 0.4) is 0 Å². The Hall–Kier alpha value is -2.31. The third kappa shape index (κ3) is 3.62. The van der Waals surface area contributed by atoms with Crippen molar-refractivity contribution >= 4 is 46.2 Å². The minimum atomic E-state index is -0.606. The number of nitro benzene ring substituents is 1. The van der Waals surface area contributed by atoms with Crippen LogP contribution in [0.15, 0.2) is 36.4 Å². The quantitative estimate of drug-likeness (QED) is 0.510. The fourth-order valence-electron chi connectivity index (χ4n) is 1.68. The van der Waals surface area contributed by atoms with Crippen molar-refractivity contribution in [3.8, 4) is 0 Å². The van der Waals surface area contributed by atoms with Crippen LogP contribution < -0.4 is 11.1 Å². The van der Waals surface area contributed by atoms with Gasteiger partial charge in [-0.15, -0.1) is 0 Å². The number of anilines is 2. The van der Waals surface area contributed by atoms with E-state index < -0.39 is 10.8 Å². The largest absolute Gasteiger partial charge is 0.399 e. The lowest BCUT2D eigenvalue weighted by Gasteiger charge is -2.07. The summed E-state index contributed by atoms with van der Waals surface area (Å²) >= 11 is 11.6. The molecule has 2 aromatic rings. The number of carbonyl (C=O) groups is 1. The van der Waals surface area contributed by atoms with Crippen molar-refractivity contribution in [3.05, 3.63) is 62.1 Å². The van der Waals surface area contributed by atoms with Gasteiger partial charge in [-0.1, -0.05) is 23.2 Å². The number of carbonyl (C=O) groups excluding carboxylic acids is 1. The first kappa shape index (κ1) is 15.1. The fourth-order valence-corrected chi connectivity index (χ4v) is 2.17. The Morgan fingerprint density at radius 1 is 1.19 bits per heavy atom. The van der Waals surface area contributed by atoms with Gasteiger partial charge in [-0.3, -0.25) is 14.9 Å². The maximum Gasteiger partial charge on any atom is 0.288 e. The van der Waals surface area contributed by atoms with Crippen LogP contribution in [0.4, 0.5) is 17.1 Å². The molecule has 0 aromatic heterocycles. The highest BCUT2D eigenvalue weighted by molar-refractivity contribution is 6.33. The monoisotopic (exact) mass is 325 g/mol. The summed E-state index contributed by atoms with van der Waals surface area (Å²) in [5, 5.41) is 13.5. The molecule has 108 valence electrons. The van der Waals surface area contributed by atoms with E-state index in [4.69, 9.17) is 28.9 Å². The van der Waals surface area contributed by atoms with Crippen LogP contribution in [0.25, 0.3) is 0 Å². The summed E-state index contributed by atoms with van der Waals surface area (Å²) in [6.07, 6.45) is 0. The third-order valence-electron chi connectivity index (χ3n) is 2.58. The molecule has 8 heteroatoms. The van der Waals surface area contributed by atoms with E-state index in [1.165, 1.54) is 36.4 Å². The molecule has 0 saturated carbocycles. The van der Waals surface area contributed by atoms with Crippen molar-refractivity contribution in [1.29, 1.82) is 0 Å². The fraction of sp³-hybridized carbons (Fsp3) is 0. The molecule has 2 rings (SSSR count). The van der Waals surface area contributed by atoms with E-state index >= 15 is 0 Å². The predicted molar refractivity (Wildman–Crippen MR) is 81.9 cm³/mol. The van der Waals surface area contributed by atoms with Crippen LogP contribution in [0, 0.1) is 10.1 Å². The summed E-state index contributed by atoms with van der Waals surface area (Å²) in [4.78, 5) is 22.1. The van der Waals surface area contributed by atoms with Gasteiger partial charge in [0.25, 0.3) is 11.6 Å². The van der Waals surface area contributed by atoms with Crippen molar-refractivity contribution < 1.29 is 9.72 Å². The van der Waals surface area contributed by atoms with Gasteiger partial charge in [-0.05, 0) is 30.3 Å². The normalized spacial score (nSPS) is 10.2. The molecule has 0 atom stereocenters. The van der Waals surface area contributed by atoms with Gasteiger partial charge in [-0.25, -0.2) is 0 Å². The molecule has 0 heterocycles. The van der Waals surface area contributed by atoms with Gasteiger partial charge in [0, 0.05) is 28.0 Å². The Bertz CT molecular complexity index is 714. The number of benzene rings is 2. The molecule has 0 unspecified atom stereocenters. The zero-order chi connectivity index (χ0) is 15.6. The smallest absolute Gasteiger partial charge is 0.288 e. The molecular weight excluding hydrogens is 317 g/mol. The van der Waals surface area contributed by atoms with E-state index in [0.717, 1.165) is 0 Å². The second-order valence-electron chi connectivity index (χ2n) is 4.15. The van der Waals surface area contributed by atoms with Crippen LogP contribution in [-0.4, -0.2) is 10.8 Å². The highest BCUT2D eigenvalue weighted by atomic mass is 35.5. The first-order chi connectivity index (χ1) is 9.86. The number of nitrogens with zero attached hydrogens (tertiary/aromatic N) is 1. The molecule has 0 spiro atoms. The van der Waals surface area contributed by atoms with E-state index in [-0.39, 0.29) is 16.3 Å². The maximum absolute atomic E-state index is 12.0. The molecule has 0 aliphatic carbocycles. The number of nitrogens with two attached hydrogens (primary N) is 1. The first-order valence-electron chi connectivity index (χ1n) is 5.68. The van der Waals surface area contributed by atoms with E-state index in [1.807, 2.05) is 0 Å². The zero-order valence-electron chi connectivity index (χ0n) is 10.5. The topological polar surface area (TPSA) is 98.3 Å². The molecule has 0 aliphatic heterocycles. The van der Waals surface area contributed by atoms with Crippen LogP contribution >= 0.6 is 23.2 Å². The molecule has 21 heavy (non-hydrogen) atoms. The number of nitrogens with one attached hydrogen (secondary N) is 1. The Kier molecular flexibility index (Phi) is 4.30. The Morgan fingerprint density at radius 2 is 1.90 bits per heavy atom. The van der Waals surface area contributed by atoms with Crippen molar-refractivity contribution in [2.45, 2.75) is 0 Å². The average Bonchev–Trinajstić information content (AvgIpc) is 2.37. The second-order valence-corrected chi connectivity index (χ2v) is 4.99. The molecule has 0 saturated heterocycles.